The first-order valence-electron chi connectivity index (χ1n) is 12.8. The second-order valence-corrected chi connectivity index (χ2v) is 11.2. The molecule has 1 heterocycles. The van der Waals surface area contributed by atoms with Gasteiger partial charge in [-0.3, -0.25) is 9.78 Å². The van der Waals surface area contributed by atoms with E-state index in [1.54, 1.807) is 26.2 Å². The molecule has 2 aromatic carbocycles. The first-order valence-corrected chi connectivity index (χ1v) is 12.8. The van der Waals surface area contributed by atoms with Crippen LogP contribution < -0.4 is 9.47 Å². The van der Waals surface area contributed by atoms with E-state index in [-0.39, 0.29) is 23.8 Å². The molecule has 4 rings (SSSR count). The summed E-state index contributed by atoms with van der Waals surface area (Å²) in [6.45, 7) is 8.42. The molecule has 6 heteroatoms. The topological polar surface area (TPSA) is 68.7 Å². The van der Waals surface area contributed by atoms with E-state index in [1.807, 2.05) is 36.4 Å². The number of aromatic nitrogens is 1. The largest absolute Gasteiger partial charge is 0.497 e. The minimum Gasteiger partial charge on any atom is -0.497 e. The summed E-state index contributed by atoms with van der Waals surface area (Å²) in [7, 11) is 1.57. The predicted molar refractivity (Wildman–Crippen MR) is 142 cm³/mol. The molecule has 0 amide bonds. The van der Waals surface area contributed by atoms with Crippen molar-refractivity contribution < 1.29 is 23.8 Å². The molecule has 1 fully saturated rings. The van der Waals surface area contributed by atoms with Gasteiger partial charge in [0.25, 0.3) is 0 Å². The number of carbonyl (C=O) groups is 1. The van der Waals surface area contributed by atoms with Crippen molar-refractivity contribution in [2.45, 2.75) is 59.5 Å². The molecule has 0 spiro atoms. The summed E-state index contributed by atoms with van der Waals surface area (Å²) in [5.41, 5.74) is 3.70. The maximum absolute atomic E-state index is 14.8. The Morgan fingerprint density at radius 3 is 2.49 bits per heavy atom. The SMILES string of the molecule is COc1ccc(F)c(-c2ccc(COc3cccc(C(C4CC4)C(C)C(=O)O)c3)nc2CC(C)(C)C)c1. The molecule has 1 aliphatic carbocycles. The Balaban J connectivity index is 1.58. The highest BCUT2D eigenvalue weighted by Gasteiger charge is 2.38. The van der Waals surface area contributed by atoms with Crippen molar-refractivity contribution in [1.29, 1.82) is 0 Å². The van der Waals surface area contributed by atoms with E-state index in [1.165, 1.54) is 6.07 Å². The normalized spacial score (nSPS) is 15.2. The lowest BCUT2D eigenvalue weighted by molar-refractivity contribution is -0.142. The Hall–Kier alpha value is -3.41. The number of aliphatic carboxylic acids is 1. The Labute approximate surface area is 218 Å². The van der Waals surface area contributed by atoms with Crippen molar-refractivity contribution in [3.8, 4) is 22.6 Å². The van der Waals surface area contributed by atoms with Crippen molar-refractivity contribution in [3.63, 3.8) is 0 Å². The molecule has 1 saturated carbocycles. The third-order valence-corrected chi connectivity index (χ3v) is 6.88. The highest BCUT2D eigenvalue weighted by Crippen LogP contribution is 2.47. The molecule has 0 bridgehead atoms. The van der Waals surface area contributed by atoms with E-state index in [4.69, 9.17) is 14.5 Å². The fraction of sp³-hybridized carbons (Fsp3) is 0.419. The van der Waals surface area contributed by atoms with Crippen LogP contribution in [-0.4, -0.2) is 23.2 Å². The molecule has 1 N–H and O–H groups in total. The monoisotopic (exact) mass is 505 g/mol. The Morgan fingerprint density at radius 1 is 1.08 bits per heavy atom. The Bertz CT molecular complexity index is 1260. The smallest absolute Gasteiger partial charge is 0.306 e. The van der Waals surface area contributed by atoms with Crippen LogP contribution in [0, 0.1) is 23.1 Å². The zero-order valence-corrected chi connectivity index (χ0v) is 22.3. The van der Waals surface area contributed by atoms with Crippen LogP contribution in [0.4, 0.5) is 4.39 Å². The number of carboxylic acids is 1. The van der Waals surface area contributed by atoms with E-state index in [0.717, 1.165) is 35.4 Å². The summed E-state index contributed by atoms with van der Waals surface area (Å²) in [5, 5.41) is 9.60. The minimum atomic E-state index is -0.772. The highest BCUT2D eigenvalue weighted by molar-refractivity contribution is 5.71. The lowest BCUT2D eigenvalue weighted by atomic mass is 9.83. The average molecular weight is 506 g/mol. The first kappa shape index (κ1) is 26.6. The minimum absolute atomic E-state index is 0.0189. The van der Waals surface area contributed by atoms with Crippen LogP contribution in [0.2, 0.25) is 0 Å². The number of hydrogen-bond donors (Lipinski definition) is 1. The van der Waals surface area contributed by atoms with Gasteiger partial charge in [0.15, 0.2) is 0 Å². The molecule has 1 aliphatic rings. The number of carboxylic acid groups (broad SMARTS) is 1. The molecule has 5 nitrogen and oxygen atoms in total. The summed E-state index contributed by atoms with van der Waals surface area (Å²) in [6.07, 6.45) is 2.79. The van der Waals surface area contributed by atoms with Crippen LogP contribution >= 0.6 is 0 Å². The molecule has 196 valence electrons. The van der Waals surface area contributed by atoms with E-state index in [2.05, 4.69) is 20.8 Å². The van der Waals surface area contributed by atoms with Crippen molar-refractivity contribution in [2.24, 2.45) is 17.3 Å². The highest BCUT2D eigenvalue weighted by atomic mass is 19.1. The number of benzene rings is 2. The van der Waals surface area contributed by atoms with Gasteiger partial charge in [-0.05, 0) is 78.5 Å². The van der Waals surface area contributed by atoms with Gasteiger partial charge in [0.05, 0.1) is 18.7 Å². The standard InChI is InChI=1S/C31H36FNO4/c1-19(30(34)35)29(20-9-10-20)21-7-6-8-24(15-21)37-18-22-11-13-25(28(33-22)17-31(2,3)4)26-16-23(36-5)12-14-27(26)32/h6-8,11-16,19-20,29H,9-10,17-18H2,1-5H3,(H,34,35). The third kappa shape index (κ3) is 6.68. The molecule has 0 aliphatic heterocycles. The summed E-state index contributed by atoms with van der Waals surface area (Å²) >= 11 is 0. The molecule has 3 aromatic rings. The van der Waals surface area contributed by atoms with E-state index in [9.17, 15) is 14.3 Å². The molecule has 0 radical (unpaired) electrons. The maximum Gasteiger partial charge on any atom is 0.306 e. The van der Waals surface area contributed by atoms with Crippen LogP contribution in [0.15, 0.2) is 54.6 Å². The van der Waals surface area contributed by atoms with Gasteiger partial charge in [0.2, 0.25) is 0 Å². The van der Waals surface area contributed by atoms with Crippen molar-refractivity contribution in [1.82, 2.24) is 4.98 Å². The van der Waals surface area contributed by atoms with Gasteiger partial charge >= 0.3 is 5.97 Å². The number of halogens is 1. The van der Waals surface area contributed by atoms with E-state index >= 15 is 0 Å². The zero-order valence-electron chi connectivity index (χ0n) is 22.3. The van der Waals surface area contributed by atoms with Gasteiger partial charge < -0.3 is 14.6 Å². The summed E-state index contributed by atoms with van der Waals surface area (Å²) < 4.78 is 26.2. The number of ether oxygens (including phenoxy) is 2. The second-order valence-electron chi connectivity index (χ2n) is 11.2. The van der Waals surface area contributed by atoms with Crippen LogP contribution in [0.1, 0.15) is 63.4 Å². The summed E-state index contributed by atoms with van der Waals surface area (Å²) in [4.78, 5) is 16.6. The third-order valence-electron chi connectivity index (χ3n) is 6.88. The number of hydrogen-bond acceptors (Lipinski definition) is 4. The predicted octanol–water partition coefficient (Wildman–Crippen LogP) is 7.28. The molecule has 2 atom stereocenters. The van der Waals surface area contributed by atoms with Gasteiger partial charge in [-0.2, -0.15) is 0 Å². The van der Waals surface area contributed by atoms with Gasteiger partial charge in [-0.1, -0.05) is 45.9 Å². The van der Waals surface area contributed by atoms with Crippen LogP contribution in [0.25, 0.3) is 11.1 Å². The van der Waals surface area contributed by atoms with Crippen molar-refractivity contribution in [2.75, 3.05) is 7.11 Å². The second kappa shape index (κ2) is 10.9. The molecular formula is C31H36FNO4. The van der Waals surface area contributed by atoms with Gasteiger partial charge in [-0.15, -0.1) is 0 Å². The summed E-state index contributed by atoms with van der Waals surface area (Å²) in [5.74, 6) is 0.122. The Kier molecular flexibility index (Phi) is 7.86. The number of pyridine rings is 1. The van der Waals surface area contributed by atoms with Crippen LogP contribution in [0.3, 0.4) is 0 Å². The van der Waals surface area contributed by atoms with Crippen molar-refractivity contribution in [3.05, 3.63) is 77.4 Å². The van der Waals surface area contributed by atoms with Crippen LogP contribution in [-0.2, 0) is 17.8 Å². The number of nitrogens with zero attached hydrogens (tertiary/aromatic N) is 1. The molecule has 0 saturated heterocycles. The van der Waals surface area contributed by atoms with Gasteiger partial charge in [0, 0.05) is 16.8 Å². The molecule has 37 heavy (non-hydrogen) atoms. The van der Waals surface area contributed by atoms with E-state index in [0.29, 0.717) is 29.4 Å². The van der Waals surface area contributed by atoms with Gasteiger partial charge in [-0.25, -0.2) is 4.39 Å². The fourth-order valence-corrected chi connectivity index (χ4v) is 4.89. The summed E-state index contributed by atoms with van der Waals surface area (Å²) in [6, 6.07) is 16.2. The lowest BCUT2D eigenvalue weighted by Gasteiger charge is -2.22. The lowest BCUT2D eigenvalue weighted by Crippen LogP contribution is -2.20. The van der Waals surface area contributed by atoms with E-state index < -0.39 is 11.9 Å². The zero-order chi connectivity index (χ0) is 26.7. The molecular weight excluding hydrogens is 469 g/mol. The number of methoxy groups -OCH3 is 1. The van der Waals surface area contributed by atoms with Gasteiger partial charge in [0.1, 0.15) is 23.9 Å². The fourth-order valence-electron chi connectivity index (χ4n) is 4.89. The maximum atomic E-state index is 14.8. The quantitative estimate of drug-likeness (QED) is 0.314. The molecule has 1 aromatic heterocycles. The first-order chi connectivity index (χ1) is 17.6. The molecule has 2 unspecified atom stereocenters. The average Bonchev–Trinajstić information content (AvgIpc) is 3.68. The van der Waals surface area contributed by atoms with Crippen molar-refractivity contribution >= 4 is 5.97 Å². The Morgan fingerprint density at radius 2 is 1.84 bits per heavy atom. The number of rotatable bonds is 10. The van der Waals surface area contributed by atoms with Crippen LogP contribution in [0.5, 0.6) is 11.5 Å².